The van der Waals surface area contributed by atoms with Crippen LogP contribution < -0.4 is 5.73 Å². The maximum absolute atomic E-state index is 10.7. The lowest BCUT2D eigenvalue weighted by Gasteiger charge is -2.11. The van der Waals surface area contributed by atoms with Crippen molar-refractivity contribution in [3.05, 3.63) is 0 Å². The van der Waals surface area contributed by atoms with E-state index in [0.717, 1.165) is 0 Å². The van der Waals surface area contributed by atoms with Crippen molar-refractivity contribution in [3.63, 3.8) is 0 Å². The zero-order valence-corrected chi connectivity index (χ0v) is 7.43. The van der Waals surface area contributed by atoms with Gasteiger partial charge in [0.2, 0.25) is 0 Å². The van der Waals surface area contributed by atoms with Crippen molar-refractivity contribution in [2.45, 2.75) is 26.0 Å². The van der Waals surface area contributed by atoms with Crippen molar-refractivity contribution in [2.75, 3.05) is 6.61 Å². The van der Waals surface area contributed by atoms with Gasteiger partial charge in [-0.2, -0.15) is 0 Å². The van der Waals surface area contributed by atoms with E-state index in [1.165, 1.54) is 6.92 Å². The van der Waals surface area contributed by atoms with Gasteiger partial charge in [0, 0.05) is 0 Å². The number of carbonyl (C=O) groups excluding carboxylic acids is 1. The molecule has 68 valence electrons. The summed E-state index contributed by atoms with van der Waals surface area (Å²) in [5.41, 5.74) is 5.22. The van der Waals surface area contributed by atoms with Gasteiger partial charge < -0.3 is 15.6 Å². The fourth-order valence-corrected chi connectivity index (χ4v) is 0.435. The minimum atomic E-state index is -0.917. The molecule has 0 saturated carbocycles. The summed E-state index contributed by atoms with van der Waals surface area (Å²) in [5, 5.41) is 8.79. The minimum absolute atomic E-state index is 0. The molecule has 11 heavy (non-hydrogen) atoms. The predicted molar refractivity (Wildman–Crippen MR) is 43.5 cm³/mol. The van der Waals surface area contributed by atoms with Gasteiger partial charge in [0.25, 0.3) is 0 Å². The largest absolute Gasteiger partial charge is 0.465 e. The fourth-order valence-electron chi connectivity index (χ4n) is 0.435. The first-order chi connectivity index (χ1) is 4.59. The highest BCUT2D eigenvalue weighted by atomic mass is 35.5. The monoisotopic (exact) mass is 183 g/mol. The Morgan fingerprint density at radius 2 is 2.18 bits per heavy atom. The van der Waals surface area contributed by atoms with Crippen molar-refractivity contribution in [1.29, 1.82) is 0 Å². The lowest BCUT2D eigenvalue weighted by Crippen LogP contribution is -2.41. The fraction of sp³-hybridized carbons (Fsp3) is 0.833. The van der Waals surface area contributed by atoms with Crippen molar-refractivity contribution in [2.24, 2.45) is 5.73 Å². The van der Waals surface area contributed by atoms with Gasteiger partial charge in [0.15, 0.2) is 0 Å². The van der Waals surface area contributed by atoms with Crippen LogP contribution in [0.2, 0.25) is 0 Å². The van der Waals surface area contributed by atoms with Gasteiger partial charge in [-0.05, 0) is 13.8 Å². The molecule has 0 spiro atoms. The van der Waals surface area contributed by atoms with Crippen LogP contribution in [0.25, 0.3) is 0 Å². The molecule has 5 heteroatoms. The Hall–Kier alpha value is -0.320. The molecule has 0 aromatic carbocycles. The van der Waals surface area contributed by atoms with Crippen LogP contribution in [-0.2, 0) is 9.53 Å². The molecule has 0 amide bonds. The van der Waals surface area contributed by atoms with Crippen LogP contribution in [0.3, 0.4) is 0 Å². The number of halogens is 1. The zero-order valence-electron chi connectivity index (χ0n) is 6.61. The molecule has 0 heterocycles. The quantitative estimate of drug-likeness (QED) is 0.589. The second-order valence-corrected chi connectivity index (χ2v) is 2.02. The third kappa shape index (κ3) is 5.01. The van der Waals surface area contributed by atoms with E-state index in [-0.39, 0.29) is 12.4 Å². The van der Waals surface area contributed by atoms with Crippen molar-refractivity contribution in [3.8, 4) is 0 Å². The molecule has 0 unspecified atom stereocenters. The number of aliphatic hydroxyl groups excluding tert-OH is 1. The maximum Gasteiger partial charge on any atom is 0.325 e. The molecule has 0 rings (SSSR count). The first kappa shape index (κ1) is 13.3. The summed E-state index contributed by atoms with van der Waals surface area (Å²) in [4.78, 5) is 10.7. The number of carbonyl (C=O) groups is 1. The number of ether oxygens (including phenoxy) is 1. The van der Waals surface area contributed by atoms with Crippen molar-refractivity contribution in [1.82, 2.24) is 0 Å². The Bertz CT molecular complexity index is 118. The summed E-state index contributed by atoms with van der Waals surface area (Å²) >= 11 is 0. The van der Waals surface area contributed by atoms with Gasteiger partial charge >= 0.3 is 5.97 Å². The number of esters is 1. The first-order valence-electron chi connectivity index (χ1n) is 3.19. The van der Waals surface area contributed by atoms with E-state index < -0.39 is 18.1 Å². The van der Waals surface area contributed by atoms with Gasteiger partial charge in [-0.3, -0.25) is 4.79 Å². The summed E-state index contributed by atoms with van der Waals surface area (Å²) in [6, 6.07) is -0.917. The van der Waals surface area contributed by atoms with Gasteiger partial charge in [0.1, 0.15) is 6.04 Å². The normalized spacial score (nSPS) is 14.5. The maximum atomic E-state index is 10.7. The number of rotatable bonds is 3. The second kappa shape index (κ2) is 6.39. The molecule has 0 fully saturated rings. The summed E-state index contributed by atoms with van der Waals surface area (Å²) in [5.74, 6) is -0.558. The molecule has 0 aromatic rings. The van der Waals surface area contributed by atoms with Crippen molar-refractivity contribution < 1.29 is 14.6 Å². The molecule has 0 radical (unpaired) electrons. The van der Waals surface area contributed by atoms with Gasteiger partial charge in [-0.25, -0.2) is 0 Å². The molecule has 3 N–H and O–H groups in total. The standard InChI is InChI=1S/C6H13NO3.ClH/c1-3-10-6(9)5(7)4(2)8;/h4-5,8H,3,7H2,1-2H3;1H/t4-,5-;/m0./s1. The molecule has 0 aromatic heterocycles. The third-order valence-corrected chi connectivity index (χ3v) is 1.08. The van der Waals surface area contributed by atoms with Crippen LogP contribution in [0, 0.1) is 0 Å². The summed E-state index contributed by atoms with van der Waals surface area (Å²) in [6.07, 6.45) is -0.848. The average Bonchev–Trinajstić information content (AvgIpc) is 1.87. The van der Waals surface area contributed by atoms with Gasteiger partial charge in [0.05, 0.1) is 12.7 Å². The van der Waals surface area contributed by atoms with Crippen LogP contribution >= 0.6 is 12.4 Å². The lowest BCUT2D eigenvalue weighted by molar-refractivity contribution is -0.147. The molecule has 0 aliphatic heterocycles. The Labute approximate surface area is 72.1 Å². The Morgan fingerprint density at radius 1 is 1.73 bits per heavy atom. The molecule has 0 aliphatic rings. The zero-order chi connectivity index (χ0) is 8.15. The van der Waals surface area contributed by atoms with E-state index in [4.69, 9.17) is 10.8 Å². The summed E-state index contributed by atoms with van der Waals surface area (Å²) in [7, 11) is 0. The molecule has 0 bridgehead atoms. The van der Waals surface area contributed by atoms with Crippen molar-refractivity contribution >= 4 is 18.4 Å². The number of nitrogens with two attached hydrogens (primary N) is 1. The molecule has 0 aliphatic carbocycles. The Balaban J connectivity index is 0. The average molecular weight is 184 g/mol. The number of hydrogen-bond donors (Lipinski definition) is 2. The summed E-state index contributed by atoms with van der Waals surface area (Å²) < 4.78 is 4.54. The van der Waals surface area contributed by atoms with E-state index in [1.54, 1.807) is 6.92 Å². The molecular weight excluding hydrogens is 170 g/mol. The molecule has 4 nitrogen and oxygen atoms in total. The highest BCUT2D eigenvalue weighted by molar-refractivity contribution is 5.85. The first-order valence-corrected chi connectivity index (χ1v) is 3.19. The van der Waals surface area contributed by atoms with Gasteiger partial charge in [-0.15, -0.1) is 12.4 Å². The minimum Gasteiger partial charge on any atom is -0.465 e. The van der Waals surface area contributed by atoms with E-state index in [1.807, 2.05) is 0 Å². The third-order valence-electron chi connectivity index (χ3n) is 1.08. The SMILES string of the molecule is CCOC(=O)[C@@H](N)[C@H](C)O.Cl. The number of aliphatic hydroxyl groups is 1. The lowest BCUT2D eigenvalue weighted by atomic mass is 10.2. The van der Waals surface area contributed by atoms with Crippen LogP contribution in [0.15, 0.2) is 0 Å². The highest BCUT2D eigenvalue weighted by Crippen LogP contribution is 1.91. The topological polar surface area (TPSA) is 72.5 Å². The molecule has 2 atom stereocenters. The van der Waals surface area contributed by atoms with E-state index in [2.05, 4.69) is 4.74 Å². The summed E-state index contributed by atoms with van der Waals surface area (Å²) in [6.45, 7) is 3.42. The van der Waals surface area contributed by atoms with E-state index in [0.29, 0.717) is 6.61 Å². The Kier molecular flexibility index (Phi) is 7.72. The van der Waals surface area contributed by atoms with Crippen LogP contribution in [0.5, 0.6) is 0 Å². The Morgan fingerprint density at radius 3 is 2.45 bits per heavy atom. The van der Waals surface area contributed by atoms with Crippen LogP contribution in [-0.4, -0.2) is 29.8 Å². The molecular formula is C6H14ClNO3. The van der Waals surface area contributed by atoms with E-state index in [9.17, 15) is 4.79 Å². The number of hydrogen-bond acceptors (Lipinski definition) is 4. The van der Waals surface area contributed by atoms with Gasteiger partial charge in [-0.1, -0.05) is 0 Å². The van der Waals surface area contributed by atoms with Crippen LogP contribution in [0.1, 0.15) is 13.8 Å². The van der Waals surface area contributed by atoms with Crippen LogP contribution in [0.4, 0.5) is 0 Å². The highest BCUT2D eigenvalue weighted by Gasteiger charge is 2.19. The predicted octanol–water partition coefficient (Wildman–Crippen LogP) is -0.321. The second-order valence-electron chi connectivity index (χ2n) is 2.02. The smallest absolute Gasteiger partial charge is 0.325 e. The molecule has 0 saturated heterocycles. The van der Waals surface area contributed by atoms with E-state index >= 15 is 0 Å².